The monoisotopic (exact) mass is 122 g/mol. The molecule has 1 aliphatic rings. The van der Waals surface area contributed by atoms with E-state index in [4.69, 9.17) is 0 Å². The van der Waals surface area contributed by atoms with Crippen LogP contribution in [0.25, 0.3) is 0 Å². The van der Waals surface area contributed by atoms with Crippen molar-refractivity contribution in [1.29, 1.82) is 0 Å². The number of allylic oxidation sites excluding steroid dienone is 3. The van der Waals surface area contributed by atoms with Gasteiger partial charge in [0.05, 0.1) is 0 Å². The maximum atomic E-state index is 3.74. The summed E-state index contributed by atoms with van der Waals surface area (Å²) in [5, 5.41) is 0. The summed E-state index contributed by atoms with van der Waals surface area (Å²) in [6.45, 7) is 6.04. The molecular weight excluding hydrogens is 108 g/mol. The molecule has 0 amide bonds. The third kappa shape index (κ3) is 1.70. The molecule has 0 aromatic carbocycles. The molecule has 0 fully saturated rings. The molecule has 0 heterocycles. The van der Waals surface area contributed by atoms with E-state index in [1.165, 1.54) is 24.8 Å². The molecule has 0 nitrogen and oxygen atoms in total. The van der Waals surface area contributed by atoms with Crippen molar-refractivity contribution in [3.63, 3.8) is 0 Å². The van der Waals surface area contributed by atoms with Crippen molar-refractivity contribution < 1.29 is 0 Å². The maximum Gasteiger partial charge on any atom is -0.0280 e. The molecule has 0 aliphatic heterocycles. The second kappa shape index (κ2) is 2.86. The largest absolute Gasteiger partial charge is 0.0988 e. The second-order valence-electron chi connectivity index (χ2n) is 2.86. The Morgan fingerprint density at radius 1 is 1.78 bits per heavy atom. The van der Waals surface area contributed by atoms with Gasteiger partial charge in [-0.1, -0.05) is 31.2 Å². The summed E-state index contributed by atoms with van der Waals surface area (Å²) < 4.78 is 0. The van der Waals surface area contributed by atoms with E-state index in [1.54, 1.807) is 0 Å². The molecule has 1 aliphatic carbocycles. The Labute approximate surface area is 57.3 Å². The summed E-state index contributed by atoms with van der Waals surface area (Å²) in [7, 11) is 0. The van der Waals surface area contributed by atoms with Crippen LogP contribution in [0.15, 0.2) is 24.3 Å². The summed E-state index contributed by atoms with van der Waals surface area (Å²) in [6, 6.07) is 0. The maximum absolute atomic E-state index is 3.74. The fraction of sp³-hybridized carbons (Fsp3) is 0.556. The van der Waals surface area contributed by atoms with Crippen LogP contribution >= 0.6 is 0 Å². The van der Waals surface area contributed by atoms with E-state index in [0.717, 1.165) is 5.92 Å². The topological polar surface area (TPSA) is 0 Å². The summed E-state index contributed by atoms with van der Waals surface area (Å²) in [6.07, 6.45) is 8.12. The van der Waals surface area contributed by atoms with E-state index >= 15 is 0 Å². The van der Waals surface area contributed by atoms with Crippen LogP contribution in [0.2, 0.25) is 0 Å². The van der Waals surface area contributed by atoms with E-state index in [2.05, 4.69) is 19.6 Å². The highest BCUT2D eigenvalue weighted by atomic mass is 14.1. The third-order valence-corrected chi connectivity index (χ3v) is 1.97. The molecule has 1 rings (SSSR count). The van der Waals surface area contributed by atoms with E-state index in [1.807, 2.05) is 6.08 Å². The lowest BCUT2D eigenvalue weighted by atomic mass is 9.91. The minimum absolute atomic E-state index is 0.897. The molecule has 50 valence electrons. The molecule has 0 saturated heterocycles. The normalized spacial score (nSPS) is 27.2. The summed E-state index contributed by atoms with van der Waals surface area (Å²) in [5.41, 5.74) is 1.44. The minimum Gasteiger partial charge on any atom is -0.0988 e. The van der Waals surface area contributed by atoms with Crippen molar-refractivity contribution in [2.24, 2.45) is 5.92 Å². The molecule has 0 aromatic heterocycles. The average molecular weight is 122 g/mol. The molecule has 0 bridgehead atoms. The van der Waals surface area contributed by atoms with Crippen molar-refractivity contribution in [2.45, 2.75) is 26.2 Å². The molecular formula is C9H14. The van der Waals surface area contributed by atoms with Gasteiger partial charge in [-0.2, -0.15) is 0 Å². The van der Waals surface area contributed by atoms with Gasteiger partial charge in [-0.15, -0.1) is 0 Å². The van der Waals surface area contributed by atoms with Crippen LogP contribution in [0, 0.1) is 5.92 Å². The highest BCUT2D eigenvalue weighted by Gasteiger charge is 2.06. The van der Waals surface area contributed by atoms with Crippen molar-refractivity contribution in [1.82, 2.24) is 0 Å². The van der Waals surface area contributed by atoms with Crippen LogP contribution in [-0.4, -0.2) is 0 Å². The smallest absolute Gasteiger partial charge is 0.0280 e. The number of rotatable bonds is 1. The first-order valence-corrected chi connectivity index (χ1v) is 3.64. The van der Waals surface area contributed by atoms with Gasteiger partial charge in [0.15, 0.2) is 0 Å². The molecule has 0 heteroatoms. The third-order valence-electron chi connectivity index (χ3n) is 1.97. The molecule has 0 N–H and O–H groups in total. The highest BCUT2D eigenvalue weighted by Crippen LogP contribution is 2.22. The van der Waals surface area contributed by atoms with E-state index in [0.29, 0.717) is 0 Å². The molecule has 1 unspecified atom stereocenters. The fourth-order valence-electron chi connectivity index (χ4n) is 1.17. The second-order valence-corrected chi connectivity index (χ2v) is 2.86. The lowest BCUT2D eigenvalue weighted by Crippen LogP contribution is -1.99. The average Bonchev–Trinajstić information content (AvgIpc) is 1.90. The van der Waals surface area contributed by atoms with E-state index < -0.39 is 0 Å². The van der Waals surface area contributed by atoms with Gasteiger partial charge >= 0.3 is 0 Å². The molecule has 0 saturated carbocycles. The van der Waals surface area contributed by atoms with Crippen LogP contribution in [0.3, 0.4) is 0 Å². The van der Waals surface area contributed by atoms with Gasteiger partial charge in [0, 0.05) is 0 Å². The first-order chi connectivity index (χ1) is 4.33. The fourth-order valence-corrected chi connectivity index (χ4v) is 1.17. The zero-order chi connectivity index (χ0) is 6.69. The van der Waals surface area contributed by atoms with Crippen molar-refractivity contribution in [2.75, 3.05) is 0 Å². The Morgan fingerprint density at radius 3 is 3.00 bits per heavy atom. The lowest BCUT2D eigenvalue weighted by molar-refractivity contribution is 0.518. The SMILES string of the molecule is C=CC1=CCC(C)CC1. The first kappa shape index (κ1) is 6.60. The quantitative estimate of drug-likeness (QED) is 0.501. The van der Waals surface area contributed by atoms with Crippen molar-refractivity contribution in [3.05, 3.63) is 24.3 Å². The molecule has 0 spiro atoms. The minimum atomic E-state index is 0.897. The Morgan fingerprint density at radius 2 is 2.56 bits per heavy atom. The standard InChI is InChI=1S/C9H14/c1-3-9-6-4-8(2)5-7-9/h3,6,8H,1,4-5,7H2,2H3. The van der Waals surface area contributed by atoms with Crippen molar-refractivity contribution >= 4 is 0 Å². The predicted molar refractivity (Wildman–Crippen MR) is 41.3 cm³/mol. The first-order valence-electron chi connectivity index (χ1n) is 3.64. The molecule has 9 heavy (non-hydrogen) atoms. The van der Waals surface area contributed by atoms with Gasteiger partial charge in [-0.3, -0.25) is 0 Å². The van der Waals surface area contributed by atoms with Crippen LogP contribution in [0.4, 0.5) is 0 Å². The highest BCUT2D eigenvalue weighted by molar-refractivity contribution is 5.17. The zero-order valence-corrected chi connectivity index (χ0v) is 6.06. The van der Waals surface area contributed by atoms with Crippen LogP contribution in [0.1, 0.15) is 26.2 Å². The molecule has 0 radical (unpaired) electrons. The Hall–Kier alpha value is -0.520. The van der Waals surface area contributed by atoms with Crippen LogP contribution < -0.4 is 0 Å². The van der Waals surface area contributed by atoms with E-state index in [9.17, 15) is 0 Å². The summed E-state index contributed by atoms with van der Waals surface area (Å²) in [5.74, 6) is 0.897. The Bertz CT molecular complexity index is 131. The van der Waals surface area contributed by atoms with Crippen LogP contribution in [0.5, 0.6) is 0 Å². The lowest BCUT2D eigenvalue weighted by Gasteiger charge is -2.15. The Balaban J connectivity index is 2.49. The Kier molecular flexibility index (Phi) is 2.10. The van der Waals surface area contributed by atoms with Gasteiger partial charge in [-0.25, -0.2) is 0 Å². The zero-order valence-electron chi connectivity index (χ0n) is 6.06. The summed E-state index contributed by atoms with van der Waals surface area (Å²) >= 11 is 0. The van der Waals surface area contributed by atoms with Gasteiger partial charge in [-0.05, 0) is 25.2 Å². The molecule has 1 atom stereocenters. The molecule has 0 aromatic rings. The van der Waals surface area contributed by atoms with Gasteiger partial charge in [0.2, 0.25) is 0 Å². The van der Waals surface area contributed by atoms with Crippen molar-refractivity contribution in [3.8, 4) is 0 Å². The predicted octanol–water partition coefficient (Wildman–Crippen LogP) is 2.92. The van der Waals surface area contributed by atoms with Gasteiger partial charge < -0.3 is 0 Å². The van der Waals surface area contributed by atoms with Crippen LogP contribution in [-0.2, 0) is 0 Å². The van der Waals surface area contributed by atoms with Gasteiger partial charge in [0.1, 0.15) is 0 Å². The number of hydrogen-bond donors (Lipinski definition) is 0. The van der Waals surface area contributed by atoms with Gasteiger partial charge in [0.25, 0.3) is 0 Å². The number of hydrogen-bond acceptors (Lipinski definition) is 0. The van der Waals surface area contributed by atoms with E-state index in [-0.39, 0.29) is 0 Å². The summed E-state index contributed by atoms with van der Waals surface area (Å²) in [4.78, 5) is 0.